The van der Waals surface area contributed by atoms with Gasteiger partial charge in [0.25, 0.3) is 0 Å². The molecule has 4 rings (SSSR count). The number of methoxy groups -OCH3 is 1. The molecule has 0 spiro atoms. The number of nitrogens with zero attached hydrogens (tertiary/aromatic N) is 5. The van der Waals surface area contributed by atoms with Gasteiger partial charge in [0.1, 0.15) is 23.1 Å². The highest BCUT2D eigenvalue weighted by Gasteiger charge is 2.17. The van der Waals surface area contributed by atoms with Crippen LogP contribution in [0.3, 0.4) is 0 Å². The molecule has 0 atom stereocenters. The minimum atomic E-state index is 0.582. The quantitative estimate of drug-likeness (QED) is 0.762. The van der Waals surface area contributed by atoms with Gasteiger partial charge in [0.05, 0.1) is 25.5 Å². The molecule has 134 valence electrons. The van der Waals surface area contributed by atoms with Gasteiger partial charge in [-0.2, -0.15) is 0 Å². The average Bonchev–Trinajstić information content (AvgIpc) is 3.15. The molecule has 2 aromatic heterocycles. The van der Waals surface area contributed by atoms with Crippen LogP contribution in [0.25, 0.3) is 5.69 Å². The van der Waals surface area contributed by atoms with Gasteiger partial charge < -0.3 is 10.1 Å². The second-order valence-corrected chi connectivity index (χ2v) is 6.46. The largest absolute Gasteiger partial charge is 0.497 e. The third-order valence-electron chi connectivity index (χ3n) is 4.61. The van der Waals surface area contributed by atoms with Gasteiger partial charge in [0, 0.05) is 11.3 Å². The van der Waals surface area contributed by atoms with Crippen LogP contribution in [0.4, 0.5) is 5.82 Å². The molecule has 0 aliphatic heterocycles. The molecule has 1 aliphatic rings. The summed E-state index contributed by atoms with van der Waals surface area (Å²) in [6.45, 7) is 2.53. The molecule has 0 amide bonds. The molecule has 0 radical (unpaired) electrons. The van der Waals surface area contributed by atoms with Crippen LogP contribution < -0.4 is 10.1 Å². The van der Waals surface area contributed by atoms with E-state index in [1.54, 1.807) is 11.8 Å². The average molecular weight is 350 g/mol. The molecule has 26 heavy (non-hydrogen) atoms. The SMILES string of the molecule is COc1ccc(-n2cc(CNc3nc(C)nc4c3CCCC4)nn2)cc1. The lowest BCUT2D eigenvalue weighted by molar-refractivity contribution is 0.414. The van der Waals surface area contributed by atoms with E-state index in [1.807, 2.05) is 37.4 Å². The van der Waals surface area contributed by atoms with Crippen molar-refractivity contribution in [2.45, 2.75) is 39.2 Å². The Bertz CT molecular complexity index is 903. The molecule has 1 aliphatic carbocycles. The van der Waals surface area contributed by atoms with Crippen LogP contribution in [0, 0.1) is 6.92 Å². The summed E-state index contributed by atoms with van der Waals surface area (Å²) < 4.78 is 6.95. The van der Waals surface area contributed by atoms with E-state index >= 15 is 0 Å². The minimum absolute atomic E-state index is 0.582. The fraction of sp³-hybridized carbons (Fsp3) is 0.368. The van der Waals surface area contributed by atoms with Crippen molar-refractivity contribution >= 4 is 5.82 Å². The van der Waals surface area contributed by atoms with E-state index in [0.717, 1.165) is 41.6 Å². The minimum Gasteiger partial charge on any atom is -0.497 e. The number of hydrogen-bond donors (Lipinski definition) is 1. The molecule has 0 unspecified atom stereocenters. The van der Waals surface area contributed by atoms with Gasteiger partial charge in [-0.05, 0) is 56.9 Å². The van der Waals surface area contributed by atoms with Crippen LogP contribution >= 0.6 is 0 Å². The van der Waals surface area contributed by atoms with Gasteiger partial charge in [0.15, 0.2) is 0 Å². The molecule has 7 nitrogen and oxygen atoms in total. The standard InChI is InChI=1S/C19H22N6O/c1-13-21-18-6-4-3-5-17(18)19(22-13)20-11-14-12-25(24-23-14)15-7-9-16(26-2)10-8-15/h7-10,12H,3-6,11H2,1-2H3,(H,20,21,22). The van der Waals surface area contributed by atoms with Crippen molar-refractivity contribution in [2.24, 2.45) is 0 Å². The zero-order chi connectivity index (χ0) is 17.9. The number of fused-ring (bicyclic) bond motifs is 1. The summed E-state index contributed by atoms with van der Waals surface area (Å²) in [6.07, 6.45) is 6.41. The molecule has 0 fully saturated rings. The Kier molecular flexibility index (Phi) is 4.51. The predicted octanol–water partition coefficient (Wildman–Crippen LogP) is 2.87. The summed E-state index contributed by atoms with van der Waals surface area (Å²) in [5.41, 5.74) is 4.25. The monoisotopic (exact) mass is 350 g/mol. The van der Waals surface area contributed by atoms with Gasteiger partial charge in [-0.25, -0.2) is 14.6 Å². The van der Waals surface area contributed by atoms with Crippen molar-refractivity contribution < 1.29 is 4.74 Å². The Balaban J connectivity index is 1.49. The van der Waals surface area contributed by atoms with Crippen LogP contribution in [0.2, 0.25) is 0 Å². The molecule has 0 saturated heterocycles. The van der Waals surface area contributed by atoms with E-state index < -0.39 is 0 Å². The van der Waals surface area contributed by atoms with E-state index in [4.69, 9.17) is 4.74 Å². The third-order valence-corrected chi connectivity index (χ3v) is 4.61. The van der Waals surface area contributed by atoms with E-state index in [0.29, 0.717) is 6.54 Å². The lowest BCUT2D eigenvalue weighted by Crippen LogP contribution is -2.13. The van der Waals surface area contributed by atoms with Crippen LogP contribution in [0.1, 0.15) is 35.6 Å². The summed E-state index contributed by atoms with van der Waals surface area (Å²) in [5, 5.41) is 11.9. The first kappa shape index (κ1) is 16.5. The lowest BCUT2D eigenvalue weighted by Gasteiger charge is -2.18. The summed E-state index contributed by atoms with van der Waals surface area (Å²) in [5.74, 6) is 2.57. The van der Waals surface area contributed by atoms with Crippen LogP contribution in [-0.2, 0) is 19.4 Å². The fourth-order valence-corrected chi connectivity index (χ4v) is 3.28. The first-order valence-corrected chi connectivity index (χ1v) is 8.89. The Labute approximate surface area is 152 Å². The second-order valence-electron chi connectivity index (χ2n) is 6.46. The van der Waals surface area contributed by atoms with Gasteiger partial charge in [-0.15, -0.1) is 5.10 Å². The van der Waals surface area contributed by atoms with Crippen molar-refractivity contribution in [3.63, 3.8) is 0 Å². The van der Waals surface area contributed by atoms with Crippen LogP contribution in [0.15, 0.2) is 30.5 Å². The van der Waals surface area contributed by atoms with Gasteiger partial charge in [-0.3, -0.25) is 0 Å². The molecule has 1 N–H and O–H groups in total. The zero-order valence-corrected chi connectivity index (χ0v) is 15.1. The summed E-state index contributed by atoms with van der Waals surface area (Å²) in [7, 11) is 1.65. The maximum atomic E-state index is 5.19. The maximum Gasteiger partial charge on any atom is 0.133 e. The topological polar surface area (TPSA) is 77.8 Å². The Morgan fingerprint density at radius 2 is 1.92 bits per heavy atom. The summed E-state index contributed by atoms with van der Waals surface area (Å²) in [4.78, 5) is 9.19. The number of ether oxygens (including phenoxy) is 1. The summed E-state index contributed by atoms with van der Waals surface area (Å²) >= 11 is 0. The second kappa shape index (κ2) is 7.11. The normalized spacial score (nSPS) is 13.3. The van der Waals surface area contributed by atoms with Gasteiger partial charge >= 0.3 is 0 Å². The number of aromatic nitrogens is 5. The highest BCUT2D eigenvalue weighted by molar-refractivity contribution is 5.48. The molecule has 0 bridgehead atoms. The van der Waals surface area contributed by atoms with E-state index in [2.05, 4.69) is 25.6 Å². The molecular weight excluding hydrogens is 328 g/mol. The van der Waals surface area contributed by atoms with E-state index in [9.17, 15) is 0 Å². The van der Waals surface area contributed by atoms with Crippen molar-refractivity contribution in [3.05, 3.63) is 53.2 Å². The number of benzene rings is 1. The highest BCUT2D eigenvalue weighted by Crippen LogP contribution is 2.25. The molecular formula is C19H22N6O. The summed E-state index contributed by atoms with van der Waals surface area (Å²) in [6, 6.07) is 7.72. The van der Waals surface area contributed by atoms with E-state index in [-0.39, 0.29) is 0 Å². The highest BCUT2D eigenvalue weighted by atomic mass is 16.5. The molecule has 1 aromatic carbocycles. The molecule has 0 saturated carbocycles. The number of anilines is 1. The number of aryl methyl sites for hydroxylation is 2. The first-order chi connectivity index (χ1) is 12.7. The third kappa shape index (κ3) is 3.37. The van der Waals surface area contributed by atoms with Crippen molar-refractivity contribution in [2.75, 3.05) is 12.4 Å². The number of hydrogen-bond acceptors (Lipinski definition) is 6. The number of rotatable bonds is 5. The fourth-order valence-electron chi connectivity index (χ4n) is 3.28. The first-order valence-electron chi connectivity index (χ1n) is 8.89. The van der Waals surface area contributed by atoms with Gasteiger partial charge in [0.2, 0.25) is 0 Å². The predicted molar refractivity (Wildman–Crippen MR) is 98.6 cm³/mol. The number of nitrogens with one attached hydrogen (secondary N) is 1. The lowest BCUT2D eigenvalue weighted by atomic mass is 9.96. The van der Waals surface area contributed by atoms with E-state index in [1.165, 1.54) is 24.1 Å². The Morgan fingerprint density at radius 1 is 1.12 bits per heavy atom. The van der Waals surface area contributed by atoms with Crippen molar-refractivity contribution in [1.29, 1.82) is 0 Å². The smallest absolute Gasteiger partial charge is 0.133 e. The van der Waals surface area contributed by atoms with Crippen LogP contribution in [-0.4, -0.2) is 32.1 Å². The van der Waals surface area contributed by atoms with Crippen LogP contribution in [0.5, 0.6) is 5.75 Å². The van der Waals surface area contributed by atoms with Gasteiger partial charge in [-0.1, -0.05) is 5.21 Å². The zero-order valence-electron chi connectivity index (χ0n) is 15.1. The maximum absolute atomic E-state index is 5.19. The molecule has 7 heteroatoms. The Morgan fingerprint density at radius 3 is 2.73 bits per heavy atom. The Hall–Kier alpha value is -2.96. The van der Waals surface area contributed by atoms with Crippen molar-refractivity contribution in [3.8, 4) is 11.4 Å². The molecule has 3 aromatic rings. The molecule has 2 heterocycles. The van der Waals surface area contributed by atoms with Crippen molar-refractivity contribution in [1.82, 2.24) is 25.0 Å².